The highest BCUT2D eigenvalue weighted by molar-refractivity contribution is 7.98. The summed E-state index contributed by atoms with van der Waals surface area (Å²) in [5.74, 6) is -0.422. The van der Waals surface area contributed by atoms with Gasteiger partial charge >= 0.3 is 11.6 Å². The summed E-state index contributed by atoms with van der Waals surface area (Å²) in [6, 6.07) is 13.6. The molecule has 1 aromatic heterocycles. The summed E-state index contributed by atoms with van der Waals surface area (Å²) in [4.78, 5) is 35.5. The van der Waals surface area contributed by atoms with Gasteiger partial charge in [0, 0.05) is 28.5 Å². The zero-order valence-corrected chi connectivity index (χ0v) is 18.0. The quantitative estimate of drug-likeness (QED) is 0.491. The summed E-state index contributed by atoms with van der Waals surface area (Å²) in [5.41, 5.74) is 2.40. The fourth-order valence-corrected chi connectivity index (χ4v) is 3.95. The molecule has 3 rings (SSSR count). The number of carbonyl (C=O) groups is 2. The molecule has 0 aliphatic carbocycles. The maximum atomic E-state index is 12.2. The van der Waals surface area contributed by atoms with E-state index in [1.807, 2.05) is 37.3 Å². The molecule has 162 valence electrons. The Hall–Kier alpha value is -3.26. The largest absolute Gasteiger partial charge is 0.484 e. The number of fused-ring (bicyclic) bond motifs is 1. The predicted octanol–water partition coefficient (Wildman–Crippen LogP) is 3.29. The molecule has 3 aromatic rings. The van der Waals surface area contributed by atoms with Gasteiger partial charge in [-0.3, -0.25) is 4.79 Å². The molecule has 7 nitrogen and oxygen atoms in total. The Labute approximate surface area is 183 Å². The number of carboxylic acid groups (broad SMARTS) is 1. The van der Waals surface area contributed by atoms with Crippen LogP contribution >= 0.6 is 11.8 Å². The van der Waals surface area contributed by atoms with Gasteiger partial charge in [0.05, 0.1) is 0 Å². The number of aryl methyl sites for hydroxylation is 1. The zero-order chi connectivity index (χ0) is 22.4. The molecule has 1 atom stereocenters. The van der Waals surface area contributed by atoms with Gasteiger partial charge in [-0.2, -0.15) is 11.8 Å². The minimum absolute atomic E-state index is 0.232. The molecule has 0 radical (unpaired) electrons. The molecule has 1 amide bonds. The van der Waals surface area contributed by atoms with Crippen molar-refractivity contribution in [2.45, 2.75) is 25.6 Å². The number of aliphatic carboxylic acids is 1. The lowest BCUT2D eigenvalue weighted by Crippen LogP contribution is -2.44. The molecular formula is C23H23NO6S. The molecule has 31 heavy (non-hydrogen) atoms. The van der Waals surface area contributed by atoms with Crippen LogP contribution in [0.3, 0.4) is 0 Å². The molecule has 1 heterocycles. The molecule has 0 aliphatic rings. The van der Waals surface area contributed by atoms with Gasteiger partial charge in [0.2, 0.25) is 0 Å². The highest BCUT2D eigenvalue weighted by atomic mass is 32.2. The van der Waals surface area contributed by atoms with Crippen molar-refractivity contribution >= 4 is 34.6 Å². The van der Waals surface area contributed by atoms with E-state index in [9.17, 15) is 19.5 Å². The minimum atomic E-state index is -1.10. The average Bonchev–Trinajstić information content (AvgIpc) is 2.76. The van der Waals surface area contributed by atoms with Crippen LogP contribution < -0.4 is 15.7 Å². The SMILES string of the molecule is Cc1c(C)c2ccc(OCC(=O)N[C@@H](CSCc3ccccc3)C(=O)O)cc2oc1=O. The van der Waals surface area contributed by atoms with Crippen LogP contribution in [-0.2, 0) is 15.3 Å². The Balaban J connectivity index is 1.55. The van der Waals surface area contributed by atoms with Gasteiger partial charge in [0.15, 0.2) is 6.61 Å². The van der Waals surface area contributed by atoms with E-state index in [1.54, 1.807) is 25.1 Å². The Morgan fingerprint density at radius 2 is 1.87 bits per heavy atom. The fraction of sp³-hybridized carbons (Fsp3) is 0.261. The molecule has 0 saturated heterocycles. The Bertz CT molecular complexity index is 1140. The summed E-state index contributed by atoms with van der Waals surface area (Å²) >= 11 is 1.43. The molecule has 0 fully saturated rings. The number of hydrogen-bond acceptors (Lipinski definition) is 6. The summed E-state index contributed by atoms with van der Waals surface area (Å²) in [5, 5.41) is 12.7. The average molecular weight is 442 g/mol. The maximum Gasteiger partial charge on any atom is 0.339 e. The number of hydrogen-bond donors (Lipinski definition) is 2. The van der Waals surface area contributed by atoms with Gasteiger partial charge in [-0.1, -0.05) is 30.3 Å². The molecule has 0 spiro atoms. The number of nitrogens with one attached hydrogen (secondary N) is 1. The van der Waals surface area contributed by atoms with E-state index in [1.165, 1.54) is 11.8 Å². The highest BCUT2D eigenvalue weighted by Gasteiger charge is 2.20. The molecule has 0 saturated carbocycles. The van der Waals surface area contributed by atoms with Crippen LogP contribution in [-0.4, -0.2) is 35.4 Å². The van der Waals surface area contributed by atoms with Crippen LogP contribution in [0.1, 0.15) is 16.7 Å². The van der Waals surface area contributed by atoms with Gasteiger partial charge < -0.3 is 19.6 Å². The summed E-state index contributed by atoms with van der Waals surface area (Å²) < 4.78 is 10.7. The molecule has 0 aliphatic heterocycles. The van der Waals surface area contributed by atoms with E-state index in [-0.39, 0.29) is 12.4 Å². The van der Waals surface area contributed by atoms with E-state index in [2.05, 4.69) is 5.32 Å². The second kappa shape index (κ2) is 10.2. The number of carbonyl (C=O) groups excluding carboxylic acids is 1. The van der Waals surface area contributed by atoms with Crippen molar-refractivity contribution in [2.75, 3.05) is 12.4 Å². The van der Waals surface area contributed by atoms with Gasteiger partial charge in [0.1, 0.15) is 17.4 Å². The van der Waals surface area contributed by atoms with Crippen LogP contribution in [0.25, 0.3) is 11.0 Å². The lowest BCUT2D eigenvalue weighted by Gasteiger charge is -2.15. The standard InChI is InChI=1S/C23H23NO6S/c1-14-15(2)23(28)30-20-10-17(8-9-18(14)20)29-11-21(25)24-19(22(26)27)13-31-12-16-6-4-3-5-7-16/h3-10,19H,11-13H2,1-2H3,(H,24,25)(H,26,27)/t19-/m0/s1. The van der Waals surface area contributed by atoms with Crippen molar-refractivity contribution in [3.05, 3.63) is 75.6 Å². The summed E-state index contributed by atoms with van der Waals surface area (Å²) in [7, 11) is 0. The van der Waals surface area contributed by atoms with Crippen LogP contribution in [0.5, 0.6) is 5.75 Å². The van der Waals surface area contributed by atoms with Gasteiger partial charge in [-0.05, 0) is 37.1 Å². The van der Waals surface area contributed by atoms with E-state index < -0.39 is 23.5 Å². The number of amides is 1. The zero-order valence-electron chi connectivity index (χ0n) is 17.2. The number of ether oxygens (including phenoxy) is 1. The first-order chi connectivity index (χ1) is 14.8. The first kappa shape index (κ1) is 22.4. The van der Waals surface area contributed by atoms with Crippen LogP contribution in [0.4, 0.5) is 0 Å². The highest BCUT2D eigenvalue weighted by Crippen LogP contribution is 2.23. The summed E-state index contributed by atoms with van der Waals surface area (Å²) in [6.45, 7) is 3.19. The van der Waals surface area contributed by atoms with Gasteiger partial charge in [-0.25, -0.2) is 9.59 Å². The number of rotatable bonds is 9. The fourth-order valence-electron chi connectivity index (χ4n) is 2.95. The molecule has 8 heteroatoms. The Morgan fingerprint density at radius 1 is 1.13 bits per heavy atom. The Kier molecular flexibility index (Phi) is 7.36. The summed E-state index contributed by atoms with van der Waals surface area (Å²) in [6.07, 6.45) is 0. The van der Waals surface area contributed by atoms with Gasteiger partial charge in [-0.15, -0.1) is 0 Å². The lowest BCUT2D eigenvalue weighted by atomic mass is 10.1. The minimum Gasteiger partial charge on any atom is -0.484 e. The van der Waals surface area contributed by atoms with E-state index >= 15 is 0 Å². The molecule has 2 N–H and O–H groups in total. The number of benzene rings is 2. The van der Waals surface area contributed by atoms with Crippen molar-refractivity contribution < 1.29 is 23.8 Å². The van der Waals surface area contributed by atoms with Crippen molar-refractivity contribution in [3.63, 3.8) is 0 Å². The van der Waals surface area contributed by atoms with Crippen LogP contribution in [0.2, 0.25) is 0 Å². The second-order valence-electron chi connectivity index (χ2n) is 7.05. The predicted molar refractivity (Wildman–Crippen MR) is 120 cm³/mol. The van der Waals surface area contributed by atoms with Crippen LogP contribution in [0.15, 0.2) is 57.7 Å². The smallest absolute Gasteiger partial charge is 0.339 e. The third kappa shape index (κ3) is 5.88. The van der Waals surface area contributed by atoms with Crippen LogP contribution in [0, 0.1) is 13.8 Å². The third-order valence-electron chi connectivity index (χ3n) is 4.83. The molecule has 0 bridgehead atoms. The first-order valence-electron chi connectivity index (χ1n) is 9.66. The van der Waals surface area contributed by atoms with E-state index in [4.69, 9.17) is 9.15 Å². The number of carboxylic acids is 1. The van der Waals surface area contributed by atoms with Crippen molar-refractivity contribution in [2.24, 2.45) is 0 Å². The van der Waals surface area contributed by atoms with Crippen molar-refractivity contribution in [1.29, 1.82) is 0 Å². The van der Waals surface area contributed by atoms with E-state index in [0.717, 1.165) is 16.5 Å². The third-order valence-corrected chi connectivity index (χ3v) is 5.93. The van der Waals surface area contributed by atoms with E-state index in [0.29, 0.717) is 22.6 Å². The topological polar surface area (TPSA) is 106 Å². The molecular weight excluding hydrogens is 418 g/mol. The first-order valence-corrected chi connectivity index (χ1v) is 10.8. The molecule has 0 unspecified atom stereocenters. The van der Waals surface area contributed by atoms with Crippen molar-refractivity contribution in [1.82, 2.24) is 5.32 Å². The number of thioether (sulfide) groups is 1. The molecule has 2 aromatic carbocycles. The second-order valence-corrected chi connectivity index (χ2v) is 8.08. The monoisotopic (exact) mass is 441 g/mol. The normalized spacial score (nSPS) is 11.8. The lowest BCUT2D eigenvalue weighted by molar-refractivity contribution is -0.141. The van der Waals surface area contributed by atoms with Gasteiger partial charge in [0.25, 0.3) is 5.91 Å². The van der Waals surface area contributed by atoms with Crippen molar-refractivity contribution in [3.8, 4) is 5.75 Å². The maximum absolute atomic E-state index is 12.2. The Morgan fingerprint density at radius 3 is 2.58 bits per heavy atom.